The molecule has 1 aliphatic heterocycles. The number of hydrogen-bond acceptors (Lipinski definition) is 3. The number of amides is 3. The first-order chi connectivity index (χ1) is 17.3. The van der Waals surface area contributed by atoms with Crippen LogP contribution in [-0.4, -0.2) is 41.2 Å². The van der Waals surface area contributed by atoms with E-state index >= 15 is 0 Å². The summed E-state index contributed by atoms with van der Waals surface area (Å²) >= 11 is 0. The quantitative estimate of drug-likeness (QED) is 0.428. The summed E-state index contributed by atoms with van der Waals surface area (Å²) in [5.74, 6) is -0.264. The highest BCUT2D eigenvalue weighted by Gasteiger charge is 2.30. The molecule has 3 amide bonds. The number of benzene rings is 3. The van der Waals surface area contributed by atoms with Gasteiger partial charge in [0.05, 0.1) is 5.69 Å². The minimum Gasteiger partial charge on any atom is -0.352 e. The number of carbonyl (C=O) groups is 3. The molecule has 188 valence electrons. The molecule has 0 fully saturated rings. The van der Waals surface area contributed by atoms with E-state index in [9.17, 15) is 14.4 Å². The molecule has 0 saturated heterocycles. The summed E-state index contributed by atoms with van der Waals surface area (Å²) in [6.45, 7) is 8.59. The van der Waals surface area contributed by atoms with Crippen LogP contribution in [0.3, 0.4) is 0 Å². The summed E-state index contributed by atoms with van der Waals surface area (Å²) in [7, 11) is 0. The summed E-state index contributed by atoms with van der Waals surface area (Å²) in [4.78, 5) is 42.9. The van der Waals surface area contributed by atoms with E-state index in [1.165, 1.54) is 0 Å². The van der Waals surface area contributed by atoms with Gasteiger partial charge in [0.25, 0.3) is 5.91 Å². The van der Waals surface area contributed by atoms with Crippen molar-refractivity contribution in [1.82, 2.24) is 10.2 Å². The number of nitrogens with one attached hydrogen (secondary N) is 1. The first kappa shape index (κ1) is 25.4. The second kappa shape index (κ2) is 10.9. The van der Waals surface area contributed by atoms with Crippen LogP contribution in [0.15, 0.2) is 60.7 Å². The lowest BCUT2D eigenvalue weighted by atomic mass is 10.1. The normalized spacial score (nSPS) is 14.1. The van der Waals surface area contributed by atoms with Gasteiger partial charge in [-0.25, -0.2) is 0 Å². The van der Waals surface area contributed by atoms with E-state index in [1.54, 1.807) is 16.7 Å². The molecule has 0 spiro atoms. The Morgan fingerprint density at radius 1 is 1.03 bits per heavy atom. The molecule has 1 heterocycles. The molecule has 3 aromatic rings. The van der Waals surface area contributed by atoms with Crippen LogP contribution in [0.1, 0.15) is 61.5 Å². The molecule has 0 aromatic heterocycles. The molecule has 2 unspecified atom stereocenters. The predicted octanol–water partition coefficient (Wildman–Crippen LogP) is 5.22. The van der Waals surface area contributed by atoms with E-state index in [4.69, 9.17) is 0 Å². The van der Waals surface area contributed by atoms with Gasteiger partial charge in [0.1, 0.15) is 6.04 Å². The van der Waals surface area contributed by atoms with Gasteiger partial charge in [-0.15, -0.1) is 0 Å². The Labute approximate surface area is 213 Å². The first-order valence-electron chi connectivity index (χ1n) is 12.8. The lowest BCUT2D eigenvalue weighted by molar-refractivity contribution is -0.140. The van der Waals surface area contributed by atoms with Gasteiger partial charge >= 0.3 is 0 Å². The zero-order valence-electron chi connectivity index (χ0n) is 21.6. The molecular formula is C30H35N3O3. The highest BCUT2D eigenvalue weighted by atomic mass is 16.2. The summed E-state index contributed by atoms with van der Waals surface area (Å²) in [6.07, 6.45) is 1.59. The number of anilines is 1. The molecule has 0 aliphatic carbocycles. The average molecular weight is 486 g/mol. The maximum Gasteiger partial charge on any atom is 0.258 e. The molecule has 1 N–H and O–H groups in total. The van der Waals surface area contributed by atoms with Crippen molar-refractivity contribution in [2.24, 2.45) is 0 Å². The highest BCUT2D eigenvalue weighted by Crippen LogP contribution is 2.37. The minimum absolute atomic E-state index is 0.0211. The summed E-state index contributed by atoms with van der Waals surface area (Å²) in [6, 6.07) is 19.2. The summed E-state index contributed by atoms with van der Waals surface area (Å²) in [5.41, 5.74) is 3.71. The molecule has 36 heavy (non-hydrogen) atoms. The van der Waals surface area contributed by atoms with Crippen molar-refractivity contribution in [1.29, 1.82) is 0 Å². The van der Waals surface area contributed by atoms with Crippen LogP contribution in [-0.2, 0) is 16.1 Å². The van der Waals surface area contributed by atoms with Gasteiger partial charge < -0.3 is 15.1 Å². The fraction of sp³-hybridized carbons (Fsp3) is 0.367. The van der Waals surface area contributed by atoms with E-state index in [0.29, 0.717) is 25.1 Å². The standard InChI is InChI=1S/C30H35N3O3/c1-5-21(3)31-29(35)22(4)33(19-23-11-6-10-20(2)18-23)27(34)16-9-17-32-26-15-8-13-24-12-7-14-25(28(24)26)30(32)36/h6-8,10-15,18,21-22H,5,9,16-17,19H2,1-4H3,(H,31,35). The number of aryl methyl sites for hydroxylation is 1. The topological polar surface area (TPSA) is 69.7 Å². The van der Waals surface area contributed by atoms with Crippen molar-refractivity contribution in [3.05, 3.63) is 77.4 Å². The zero-order chi connectivity index (χ0) is 25.8. The second-order valence-corrected chi connectivity index (χ2v) is 9.75. The second-order valence-electron chi connectivity index (χ2n) is 9.75. The molecule has 2 atom stereocenters. The number of nitrogens with zero attached hydrogens (tertiary/aromatic N) is 2. The zero-order valence-corrected chi connectivity index (χ0v) is 21.6. The van der Waals surface area contributed by atoms with Crippen LogP contribution >= 0.6 is 0 Å². The SMILES string of the molecule is CCC(C)NC(=O)C(C)N(Cc1cccc(C)c1)C(=O)CCCN1C(=O)c2cccc3cccc1c23. The van der Waals surface area contributed by atoms with Gasteiger partial charge in [0.15, 0.2) is 0 Å². The fourth-order valence-electron chi connectivity index (χ4n) is 4.79. The van der Waals surface area contributed by atoms with E-state index < -0.39 is 6.04 Å². The third-order valence-corrected chi connectivity index (χ3v) is 7.03. The van der Waals surface area contributed by atoms with Crippen molar-refractivity contribution in [3.63, 3.8) is 0 Å². The number of carbonyl (C=O) groups excluding carboxylic acids is 3. The fourth-order valence-corrected chi connectivity index (χ4v) is 4.79. The van der Waals surface area contributed by atoms with Crippen LogP contribution in [0.5, 0.6) is 0 Å². The lowest BCUT2D eigenvalue weighted by Gasteiger charge is -2.30. The molecule has 0 bridgehead atoms. The Bertz CT molecular complexity index is 1280. The van der Waals surface area contributed by atoms with E-state index in [0.717, 1.165) is 34.0 Å². The van der Waals surface area contributed by atoms with Crippen molar-refractivity contribution >= 4 is 34.2 Å². The maximum atomic E-state index is 13.4. The predicted molar refractivity (Wildman–Crippen MR) is 144 cm³/mol. The van der Waals surface area contributed by atoms with Crippen molar-refractivity contribution in [2.75, 3.05) is 11.4 Å². The Morgan fingerprint density at radius 3 is 2.47 bits per heavy atom. The van der Waals surface area contributed by atoms with E-state index in [1.807, 2.05) is 81.4 Å². The van der Waals surface area contributed by atoms with Crippen molar-refractivity contribution < 1.29 is 14.4 Å². The van der Waals surface area contributed by atoms with Gasteiger partial charge in [-0.2, -0.15) is 0 Å². The third-order valence-electron chi connectivity index (χ3n) is 7.03. The molecular weight excluding hydrogens is 450 g/mol. The molecule has 1 aliphatic rings. The van der Waals surface area contributed by atoms with Crippen LogP contribution in [0.25, 0.3) is 10.8 Å². The molecule has 3 aromatic carbocycles. The number of rotatable bonds is 10. The van der Waals surface area contributed by atoms with Crippen LogP contribution in [0.4, 0.5) is 5.69 Å². The average Bonchev–Trinajstić information content (AvgIpc) is 3.14. The number of hydrogen-bond donors (Lipinski definition) is 1. The van der Waals surface area contributed by atoms with Crippen LogP contribution in [0, 0.1) is 6.92 Å². The van der Waals surface area contributed by atoms with Crippen LogP contribution in [0.2, 0.25) is 0 Å². The van der Waals surface area contributed by atoms with E-state index in [2.05, 4.69) is 5.32 Å². The molecule has 0 saturated carbocycles. The first-order valence-corrected chi connectivity index (χ1v) is 12.8. The Morgan fingerprint density at radius 2 is 1.75 bits per heavy atom. The minimum atomic E-state index is -0.599. The van der Waals surface area contributed by atoms with Crippen molar-refractivity contribution in [3.8, 4) is 0 Å². The van der Waals surface area contributed by atoms with E-state index in [-0.39, 0.29) is 30.2 Å². The Balaban J connectivity index is 1.46. The summed E-state index contributed by atoms with van der Waals surface area (Å²) in [5, 5.41) is 5.03. The van der Waals surface area contributed by atoms with Gasteiger partial charge in [0.2, 0.25) is 11.8 Å². The van der Waals surface area contributed by atoms with Gasteiger partial charge in [-0.1, -0.05) is 61.0 Å². The highest BCUT2D eigenvalue weighted by molar-refractivity contribution is 6.25. The summed E-state index contributed by atoms with van der Waals surface area (Å²) < 4.78 is 0. The smallest absolute Gasteiger partial charge is 0.258 e. The van der Waals surface area contributed by atoms with Gasteiger partial charge in [0, 0.05) is 36.5 Å². The molecule has 6 heteroatoms. The largest absolute Gasteiger partial charge is 0.352 e. The molecule has 0 radical (unpaired) electrons. The maximum absolute atomic E-state index is 13.4. The van der Waals surface area contributed by atoms with Crippen LogP contribution < -0.4 is 10.2 Å². The third kappa shape index (κ3) is 5.27. The monoisotopic (exact) mass is 485 g/mol. The Kier molecular flexibility index (Phi) is 7.73. The van der Waals surface area contributed by atoms with Gasteiger partial charge in [-0.3, -0.25) is 14.4 Å². The van der Waals surface area contributed by atoms with Gasteiger partial charge in [-0.05, 0) is 56.7 Å². The van der Waals surface area contributed by atoms with Crippen molar-refractivity contribution in [2.45, 2.75) is 65.6 Å². The molecule has 6 nitrogen and oxygen atoms in total. The Hall–Kier alpha value is -3.67. The molecule has 4 rings (SSSR count). The lowest BCUT2D eigenvalue weighted by Crippen LogP contribution is -2.49.